The summed E-state index contributed by atoms with van der Waals surface area (Å²) in [4.78, 5) is 11.1. The molecule has 1 aromatic rings. The van der Waals surface area contributed by atoms with Gasteiger partial charge in [-0.15, -0.1) is 0 Å². The van der Waals surface area contributed by atoms with E-state index in [-0.39, 0.29) is 28.4 Å². The molecule has 6 nitrogen and oxygen atoms in total. The van der Waals surface area contributed by atoms with Crippen LogP contribution in [-0.2, 0) is 14.8 Å². The van der Waals surface area contributed by atoms with Crippen LogP contribution in [-0.4, -0.2) is 31.9 Å². The number of sulfonamides is 1. The van der Waals surface area contributed by atoms with Gasteiger partial charge < -0.3 is 11.1 Å². The van der Waals surface area contributed by atoms with Gasteiger partial charge in [-0.05, 0) is 12.5 Å². The summed E-state index contributed by atoms with van der Waals surface area (Å²) < 4.78 is 27.0. The Morgan fingerprint density at radius 2 is 2.15 bits per heavy atom. The number of nitrogens with two attached hydrogens (primary N) is 1. The molecule has 4 N–H and O–H groups in total. The van der Waals surface area contributed by atoms with Crippen LogP contribution >= 0.6 is 12.2 Å². The first-order valence-electron chi connectivity index (χ1n) is 6.08. The molecule has 0 aliphatic carbocycles. The predicted molar refractivity (Wildman–Crippen MR) is 78.7 cm³/mol. The average Bonchev–Trinajstić information content (AvgIpc) is 2.82. The van der Waals surface area contributed by atoms with Gasteiger partial charge in [-0.2, -0.15) is 0 Å². The minimum absolute atomic E-state index is 0.0279. The second-order valence-electron chi connectivity index (χ2n) is 4.52. The number of carbonyl (C=O) groups excluding carboxylic acids is 1. The van der Waals surface area contributed by atoms with Gasteiger partial charge in [-0.1, -0.05) is 30.4 Å². The summed E-state index contributed by atoms with van der Waals surface area (Å²) in [5.41, 5.74) is 5.84. The Labute approximate surface area is 122 Å². The number of carbonyl (C=O) groups is 1. The number of rotatable bonds is 5. The molecular weight excluding hydrogens is 298 g/mol. The molecule has 1 aliphatic heterocycles. The molecule has 0 bridgehead atoms. The van der Waals surface area contributed by atoms with Crippen molar-refractivity contribution in [3.63, 3.8) is 0 Å². The second-order valence-corrected chi connectivity index (χ2v) is 6.69. The molecule has 1 unspecified atom stereocenters. The zero-order valence-corrected chi connectivity index (χ0v) is 12.3. The maximum atomic E-state index is 12.3. The third kappa shape index (κ3) is 3.33. The summed E-state index contributed by atoms with van der Waals surface area (Å²) in [6, 6.07) is 6.12. The van der Waals surface area contributed by atoms with Crippen LogP contribution < -0.4 is 15.8 Å². The maximum absolute atomic E-state index is 12.3. The second kappa shape index (κ2) is 5.86. The molecule has 1 fully saturated rings. The molecule has 108 valence electrons. The molecule has 0 radical (unpaired) electrons. The lowest BCUT2D eigenvalue weighted by Crippen LogP contribution is -2.38. The fraction of sp³-hybridized carbons (Fsp3) is 0.333. The zero-order valence-electron chi connectivity index (χ0n) is 10.6. The number of hydrogen-bond donors (Lipinski definition) is 3. The Kier molecular flexibility index (Phi) is 4.36. The van der Waals surface area contributed by atoms with Crippen molar-refractivity contribution in [2.45, 2.75) is 23.8 Å². The highest BCUT2D eigenvalue weighted by atomic mass is 32.2. The van der Waals surface area contributed by atoms with Crippen molar-refractivity contribution in [3.05, 3.63) is 29.8 Å². The normalized spacial score (nSPS) is 18.8. The SMILES string of the molecule is NC(=S)c1ccccc1S(=O)(=O)NCC1CCC(=O)N1. The Balaban J connectivity index is 2.14. The molecular formula is C12H15N3O3S2. The fourth-order valence-corrected chi connectivity index (χ4v) is 3.57. The van der Waals surface area contributed by atoms with E-state index in [0.717, 1.165) is 0 Å². The summed E-state index contributed by atoms with van der Waals surface area (Å²) in [5.74, 6) is -0.0577. The van der Waals surface area contributed by atoms with E-state index in [1.165, 1.54) is 6.07 Å². The van der Waals surface area contributed by atoms with E-state index in [4.69, 9.17) is 18.0 Å². The van der Waals surface area contributed by atoms with Crippen LogP contribution in [0.4, 0.5) is 0 Å². The standard InChI is InChI=1S/C12H15N3O3S2/c13-12(19)9-3-1-2-4-10(9)20(17,18)14-7-8-5-6-11(16)15-8/h1-4,8,14H,5-7H2,(H2,13,19)(H,15,16). The van der Waals surface area contributed by atoms with Crippen LogP contribution in [0.2, 0.25) is 0 Å². The number of amides is 1. The first kappa shape index (κ1) is 14.9. The van der Waals surface area contributed by atoms with E-state index in [1.807, 2.05) is 0 Å². The van der Waals surface area contributed by atoms with Gasteiger partial charge in [0.15, 0.2) is 0 Å². The molecule has 1 atom stereocenters. The topological polar surface area (TPSA) is 101 Å². The third-order valence-electron chi connectivity index (χ3n) is 3.05. The van der Waals surface area contributed by atoms with Gasteiger partial charge in [0.1, 0.15) is 4.99 Å². The molecule has 1 aromatic carbocycles. The minimum atomic E-state index is -3.71. The van der Waals surface area contributed by atoms with E-state index < -0.39 is 10.0 Å². The van der Waals surface area contributed by atoms with E-state index in [1.54, 1.807) is 18.2 Å². The Hall–Kier alpha value is -1.51. The minimum Gasteiger partial charge on any atom is -0.389 e. The van der Waals surface area contributed by atoms with Crippen molar-refractivity contribution >= 4 is 33.1 Å². The first-order chi connectivity index (χ1) is 9.40. The van der Waals surface area contributed by atoms with E-state index in [2.05, 4.69) is 10.0 Å². The van der Waals surface area contributed by atoms with Crippen molar-refractivity contribution in [3.8, 4) is 0 Å². The van der Waals surface area contributed by atoms with Crippen LogP contribution in [0.15, 0.2) is 29.2 Å². The van der Waals surface area contributed by atoms with E-state index in [0.29, 0.717) is 18.4 Å². The van der Waals surface area contributed by atoms with Gasteiger partial charge in [-0.25, -0.2) is 13.1 Å². The monoisotopic (exact) mass is 313 g/mol. The smallest absolute Gasteiger partial charge is 0.241 e. The van der Waals surface area contributed by atoms with Crippen molar-refractivity contribution in [2.75, 3.05) is 6.54 Å². The number of nitrogens with one attached hydrogen (secondary N) is 2. The highest BCUT2D eigenvalue weighted by Gasteiger charge is 2.24. The van der Waals surface area contributed by atoms with Crippen molar-refractivity contribution in [2.24, 2.45) is 5.73 Å². The largest absolute Gasteiger partial charge is 0.389 e. The van der Waals surface area contributed by atoms with Gasteiger partial charge in [0, 0.05) is 24.6 Å². The Morgan fingerprint density at radius 3 is 2.75 bits per heavy atom. The third-order valence-corrected chi connectivity index (χ3v) is 4.75. The number of thiocarbonyl (C=S) groups is 1. The lowest BCUT2D eigenvalue weighted by molar-refractivity contribution is -0.119. The van der Waals surface area contributed by atoms with Gasteiger partial charge >= 0.3 is 0 Å². The molecule has 0 saturated carbocycles. The molecule has 8 heteroatoms. The molecule has 2 rings (SSSR count). The lowest BCUT2D eigenvalue weighted by atomic mass is 10.2. The van der Waals surface area contributed by atoms with Crippen LogP contribution in [0, 0.1) is 0 Å². The highest BCUT2D eigenvalue weighted by molar-refractivity contribution is 7.89. The van der Waals surface area contributed by atoms with Crippen molar-refractivity contribution in [1.29, 1.82) is 0 Å². The van der Waals surface area contributed by atoms with Crippen molar-refractivity contribution in [1.82, 2.24) is 10.0 Å². The van der Waals surface area contributed by atoms with Crippen LogP contribution in [0.5, 0.6) is 0 Å². The molecule has 1 amide bonds. The van der Waals surface area contributed by atoms with Crippen LogP contribution in [0.1, 0.15) is 18.4 Å². The van der Waals surface area contributed by atoms with Gasteiger partial charge in [0.05, 0.1) is 4.90 Å². The lowest BCUT2D eigenvalue weighted by Gasteiger charge is -2.13. The fourth-order valence-electron chi connectivity index (χ4n) is 2.02. The average molecular weight is 313 g/mol. The quantitative estimate of drug-likeness (QED) is 0.658. The van der Waals surface area contributed by atoms with Gasteiger partial charge in [0.25, 0.3) is 0 Å². The van der Waals surface area contributed by atoms with Crippen LogP contribution in [0.3, 0.4) is 0 Å². The van der Waals surface area contributed by atoms with Crippen molar-refractivity contribution < 1.29 is 13.2 Å². The number of benzene rings is 1. The van der Waals surface area contributed by atoms with E-state index in [9.17, 15) is 13.2 Å². The summed E-state index contributed by atoms with van der Waals surface area (Å²) in [6.07, 6.45) is 1.05. The highest BCUT2D eigenvalue weighted by Crippen LogP contribution is 2.15. The summed E-state index contributed by atoms with van der Waals surface area (Å²) >= 11 is 4.85. The molecule has 0 aromatic heterocycles. The molecule has 1 heterocycles. The van der Waals surface area contributed by atoms with E-state index >= 15 is 0 Å². The Morgan fingerprint density at radius 1 is 1.45 bits per heavy atom. The maximum Gasteiger partial charge on any atom is 0.241 e. The molecule has 1 aliphatic rings. The molecule has 1 saturated heterocycles. The number of hydrogen-bond acceptors (Lipinski definition) is 4. The summed E-state index contributed by atoms with van der Waals surface area (Å²) in [7, 11) is -3.71. The zero-order chi connectivity index (χ0) is 14.8. The first-order valence-corrected chi connectivity index (χ1v) is 7.97. The van der Waals surface area contributed by atoms with Crippen LogP contribution in [0.25, 0.3) is 0 Å². The van der Waals surface area contributed by atoms with Gasteiger partial charge in [0.2, 0.25) is 15.9 Å². The predicted octanol–water partition coefficient (Wildman–Crippen LogP) is -0.122. The van der Waals surface area contributed by atoms with Gasteiger partial charge in [-0.3, -0.25) is 4.79 Å². The summed E-state index contributed by atoms with van der Waals surface area (Å²) in [6.45, 7) is 0.153. The summed E-state index contributed by atoms with van der Waals surface area (Å²) in [5, 5.41) is 2.70. The Bertz CT molecular complexity index is 643. The molecule has 20 heavy (non-hydrogen) atoms. The molecule has 0 spiro atoms.